The summed E-state index contributed by atoms with van der Waals surface area (Å²) in [6, 6.07) is 3.28. The highest BCUT2D eigenvalue weighted by atomic mass is 79.9. The zero-order valence-electron chi connectivity index (χ0n) is 8.00. The van der Waals surface area contributed by atoms with Gasteiger partial charge in [0.15, 0.2) is 0 Å². The van der Waals surface area contributed by atoms with Crippen molar-refractivity contribution in [2.45, 2.75) is 13.8 Å². The molecule has 0 aliphatic rings. The average Bonchev–Trinajstić information content (AvgIpc) is 2.09. The Kier molecular flexibility index (Phi) is 3.52. The minimum atomic E-state index is -0.960. The summed E-state index contributed by atoms with van der Waals surface area (Å²) in [6.07, 6.45) is 0. The lowest BCUT2D eigenvalue weighted by Gasteiger charge is -2.09. The predicted octanol–water partition coefficient (Wildman–Crippen LogP) is 2.85. The van der Waals surface area contributed by atoms with E-state index in [-0.39, 0.29) is 5.56 Å². The maximum Gasteiger partial charge on any atom is 0.336 e. The van der Waals surface area contributed by atoms with Crippen molar-refractivity contribution in [3.05, 3.63) is 27.7 Å². The molecule has 1 rings (SSSR count). The smallest absolute Gasteiger partial charge is 0.336 e. The molecular weight excluding hydrogens is 248 g/mol. The molecule has 0 spiro atoms. The number of halogens is 1. The van der Waals surface area contributed by atoms with Crippen molar-refractivity contribution in [1.82, 2.24) is 0 Å². The van der Waals surface area contributed by atoms with E-state index in [0.29, 0.717) is 16.8 Å². The van der Waals surface area contributed by atoms with Crippen LogP contribution in [-0.2, 0) is 0 Å². The number of carbonyl (C=O) groups is 1. The van der Waals surface area contributed by atoms with Crippen LogP contribution in [0.25, 0.3) is 0 Å². The number of aryl methyl sites for hydroxylation is 1. The Bertz CT molecular complexity index is 361. The molecule has 0 saturated heterocycles. The van der Waals surface area contributed by atoms with E-state index in [4.69, 9.17) is 9.84 Å². The topological polar surface area (TPSA) is 46.5 Å². The molecule has 0 heterocycles. The van der Waals surface area contributed by atoms with Gasteiger partial charge in [-0.05, 0) is 47.5 Å². The zero-order chi connectivity index (χ0) is 10.7. The first-order chi connectivity index (χ1) is 6.56. The van der Waals surface area contributed by atoms with Crippen molar-refractivity contribution in [2.75, 3.05) is 6.61 Å². The van der Waals surface area contributed by atoms with Crippen molar-refractivity contribution in [1.29, 1.82) is 0 Å². The molecule has 0 fully saturated rings. The van der Waals surface area contributed by atoms with Gasteiger partial charge in [-0.3, -0.25) is 0 Å². The van der Waals surface area contributed by atoms with Crippen LogP contribution in [0.2, 0.25) is 0 Å². The molecule has 0 radical (unpaired) electrons. The van der Waals surface area contributed by atoms with Crippen LogP contribution in [0.5, 0.6) is 5.75 Å². The van der Waals surface area contributed by atoms with Crippen LogP contribution in [0.3, 0.4) is 0 Å². The van der Waals surface area contributed by atoms with Crippen molar-refractivity contribution in [3.8, 4) is 5.75 Å². The molecular formula is C10H11BrO3. The Hall–Kier alpha value is -1.03. The van der Waals surface area contributed by atoms with E-state index in [0.717, 1.165) is 5.56 Å². The van der Waals surface area contributed by atoms with Crippen LogP contribution in [-0.4, -0.2) is 17.7 Å². The van der Waals surface area contributed by atoms with E-state index in [1.807, 2.05) is 13.8 Å². The number of benzene rings is 1. The highest BCUT2D eigenvalue weighted by Crippen LogP contribution is 2.26. The first-order valence-electron chi connectivity index (χ1n) is 4.22. The summed E-state index contributed by atoms with van der Waals surface area (Å²) < 4.78 is 5.87. The number of ether oxygens (including phenoxy) is 1. The molecule has 1 N–H and O–H groups in total. The molecule has 4 heteroatoms. The van der Waals surface area contributed by atoms with E-state index in [1.54, 1.807) is 6.07 Å². The maximum atomic E-state index is 10.8. The Morgan fingerprint density at radius 3 is 2.71 bits per heavy atom. The van der Waals surface area contributed by atoms with Gasteiger partial charge in [-0.15, -0.1) is 0 Å². The molecule has 0 aromatic heterocycles. The number of carboxylic acid groups (broad SMARTS) is 1. The molecule has 14 heavy (non-hydrogen) atoms. The van der Waals surface area contributed by atoms with E-state index >= 15 is 0 Å². The predicted molar refractivity (Wildman–Crippen MR) is 57.0 cm³/mol. The molecule has 1 aromatic carbocycles. The number of hydrogen-bond donors (Lipinski definition) is 1. The van der Waals surface area contributed by atoms with Crippen LogP contribution >= 0.6 is 15.9 Å². The molecule has 0 saturated carbocycles. The molecule has 1 aromatic rings. The number of carboxylic acids is 1. The fourth-order valence-corrected chi connectivity index (χ4v) is 1.76. The summed E-state index contributed by atoms with van der Waals surface area (Å²) in [5, 5.41) is 8.86. The first-order valence-corrected chi connectivity index (χ1v) is 5.01. The number of aromatic carboxylic acids is 1. The normalized spacial score (nSPS) is 9.93. The van der Waals surface area contributed by atoms with Gasteiger partial charge in [0.25, 0.3) is 0 Å². The summed E-state index contributed by atoms with van der Waals surface area (Å²) >= 11 is 3.20. The van der Waals surface area contributed by atoms with Gasteiger partial charge < -0.3 is 9.84 Å². The SMILES string of the molecule is CCOc1cc(C(=O)O)c(Br)cc1C. The van der Waals surface area contributed by atoms with Gasteiger partial charge >= 0.3 is 5.97 Å². The van der Waals surface area contributed by atoms with Crippen molar-refractivity contribution in [3.63, 3.8) is 0 Å². The van der Waals surface area contributed by atoms with Crippen molar-refractivity contribution < 1.29 is 14.6 Å². The van der Waals surface area contributed by atoms with E-state index < -0.39 is 5.97 Å². The Balaban J connectivity index is 3.20. The molecule has 0 atom stereocenters. The third-order valence-electron chi connectivity index (χ3n) is 1.79. The standard InChI is InChI=1S/C10H11BrO3/c1-3-14-9-5-7(10(12)13)8(11)4-6(9)2/h4-5H,3H2,1-2H3,(H,12,13). The quantitative estimate of drug-likeness (QED) is 0.907. The highest BCUT2D eigenvalue weighted by molar-refractivity contribution is 9.10. The Morgan fingerprint density at radius 1 is 1.57 bits per heavy atom. The van der Waals surface area contributed by atoms with Gasteiger partial charge in [0.1, 0.15) is 5.75 Å². The molecule has 0 unspecified atom stereocenters. The summed E-state index contributed by atoms with van der Waals surface area (Å²) in [5.41, 5.74) is 1.14. The van der Waals surface area contributed by atoms with Crippen molar-refractivity contribution in [2.24, 2.45) is 0 Å². The lowest BCUT2D eigenvalue weighted by atomic mass is 10.1. The summed E-state index contributed by atoms with van der Waals surface area (Å²) in [6.45, 7) is 4.27. The van der Waals surface area contributed by atoms with Crippen LogP contribution in [0.1, 0.15) is 22.8 Å². The van der Waals surface area contributed by atoms with E-state index in [9.17, 15) is 4.79 Å². The van der Waals surface area contributed by atoms with Crippen LogP contribution < -0.4 is 4.74 Å². The number of rotatable bonds is 3. The van der Waals surface area contributed by atoms with Gasteiger partial charge in [0, 0.05) is 4.47 Å². The van der Waals surface area contributed by atoms with Gasteiger partial charge in [0.2, 0.25) is 0 Å². The lowest BCUT2D eigenvalue weighted by molar-refractivity contribution is 0.0695. The van der Waals surface area contributed by atoms with E-state index in [1.165, 1.54) is 6.07 Å². The van der Waals surface area contributed by atoms with Crippen LogP contribution in [0, 0.1) is 6.92 Å². The third-order valence-corrected chi connectivity index (χ3v) is 2.45. The fourth-order valence-electron chi connectivity index (χ4n) is 1.13. The second kappa shape index (κ2) is 4.46. The summed E-state index contributed by atoms with van der Waals surface area (Å²) in [5.74, 6) is -0.342. The molecule has 0 aliphatic heterocycles. The van der Waals surface area contributed by atoms with Gasteiger partial charge in [-0.1, -0.05) is 0 Å². The minimum absolute atomic E-state index is 0.221. The summed E-state index contributed by atoms with van der Waals surface area (Å²) in [7, 11) is 0. The number of hydrogen-bond acceptors (Lipinski definition) is 2. The Morgan fingerprint density at radius 2 is 2.21 bits per heavy atom. The monoisotopic (exact) mass is 258 g/mol. The highest BCUT2D eigenvalue weighted by Gasteiger charge is 2.11. The summed E-state index contributed by atoms with van der Waals surface area (Å²) in [4.78, 5) is 10.8. The molecule has 0 bridgehead atoms. The molecule has 0 amide bonds. The average molecular weight is 259 g/mol. The van der Waals surface area contributed by atoms with Gasteiger partial charge in [-0.2, -0.15) is 0 Å². The van der Waals surface area contributed by atoms with Gasteiger partial charge in [0.05, 0.1) is 12.2 Å². The Labute approximate surface area is 90.8 Å². The second-order valence-corrected chi connectivity index (χ2v) is 3.69. The van der Waals surface area contributed by atoms with Gasteiger partial charge in [-0.25, -0.2) is 4.79 Å². The largest absolute Gasteiger partial charge is 0.494 e. The first kappa shape index (κ1) is 11.0. The van der Waals surface area contributed by atoms with Crippen molar-refractivity contribution >= 4 is 21.9 Å². The maximum absolute atomic E-state index is 10.8. The molecule has 3 nitrogen and oxygen atoms in total. The minimum Gasteiger partial charge on any atom is -0.494 e. The van der Waals surface area contributed by atoms with E-state index in [2.05, 4.69) is 15.9 Å². The van der Waals surface area contributed by atoms with Crippen LogP contribution in [0.4, 0.5) is 0 Å². The third kappa shape index (κ3) is 2.26. The second-order valence-electron chi connectivity index (χ2n) is 2.84. The zero-order valence-corrected chi connectivity index (χ0v) is 9.59. The molecule has 76 valence electrons. The fraction of sp³-hybridized carbons (Fsp3) is 0.300. The lowest BCUT2D eigenvalue weighted by Crippen LogP contribution is -2.01. The molecule has 0 aliphatic carbocycles. The van der Waals surface area contributed by atoms with Crippen LogP contribution in [0.15, 0.2) is 16.6 Å².